The van der Waals surface area contributed by atoms with Gasteiger partial charge in [0.2, 0.25) is 17.7 Å². The molecule has 2 atom stereocenters. The molecule has 0 saturated heterocycles. The van der Waals surface area contributed by atoms with Gasteiger partial charge < -0.3 is 37.4 Å². The molecule has 0 aliphatic carbocycles. The van der Waals surface area contributed by atoms with Crippen LogP contribution in [0, 0.1) is 0 Å². The van der Waals surface area contributed by atoms with E-state index in [0.29, 0.717) is 25.9 Å². The number of amides is 5. The Balaban J connectivity index is 1.39. The zero-order valence-corrected chi connectivity index (χ0v) is 27.1. The molecular weight excluding hydrogens is 612 g/mol. The smallest absolute Gasteiger partial charge is 0.344 e. The number of nitrogens with two attached hydrogens (primary N) is 1. The van der Waals surface area contributed by atoms with E-state index in [1.54, 1.807) is 31.2 Å². The molecule has 8 N–H and O–H groups in total. The highest BCUT2D eigenvalue weighted by atomic mass is 16.3. The summed E-state index contributed by atoms with van der Waals surface area (Å²) in [6.07, 6.45) is 1.05. The van der Waals surface area contributed by atoms with Crippen molar-refractivity contribution in [3.05, 3.63) is 101 Å². The maximum Gasteiger partial charge on any atom is 0.344 e. The maximum absolute atomic E-state index is 14.1. The molecule has 0 spiro atoms. The minimum absolute atomic E-state index is 0.0970. The second-order valence-electron chi connectivity index (χ2n) is 11.4. The van der Waals surface area contributed by atoms with E-state index in [0.717, 1.165) is 22.3 Å². The first kappa shape index (κ1) is 35.4. The minimum Gasteiger partial charge on any atom is -0.508 e. The predicted molar refractivity (Wildman–Crippen MR) is 182 cm³/mol. The quantitative estimate of drug-likeness (QED) is 0.0736. The Morgan fingerprint density at radius 2 is 1.46 bits per heavy atom. The van der Waals surface area contributed by atoms with Crippen LogP contribution < -0.4 is 32.3 Å². The lowest BCUT2D eigenvalue weighted by molar-refractivity contribution is -0.132. The molecule has 1 aliphatic heterocycles. The Labute approximate surface area is 280 Å². The van der Waals surface area contributed by atoms with Crippen LogP contribution in [-0.4, -0.2) is 65.4 Å². The summed E-state index contributed by atoms with van der Waals surface area (Å²) in [5.41, 5.74) is 9.82. The van der Waals surface area contributed by atoms with E-state index in [1.165, 1.54) is 0 Å². The molecule has 0 radical (unpaired) electrons. The van der Waals surface area contributed by atoms with Crippen LogP contribution in [0.5, 0.6) is 5.75 Å². The predicted octanol–water partition coefficient (Wildman–Crippen LogP) is 2.17. The topological polar surface area (TPSA) is 190 Å². The first-order valence-corrected chi connectivity index (χ1v) is 16.1. The molecule has 0 bridgehead atoms. The Hall–Kier alpha value is -5.43. The number of phenolic OH excluding ortho intramolecular Hbond substituents is 1. The van der Waals surface area contributed by atoms with Gasteiger partial charge in [0.25, 0.3) is 0 Å². The number of guanidine groups is 1. The van der Waals surface area contributed by atoms with Crippen LogP contribution in [0.4, 0.5) is 4.79 Å². The van der Waals surface area contributed by atoms with Gasteiger partial charge in [0, 0.05) is 45.7 Å². The normalized spacial score (nSPS) is 13.9. The van der Waals surface area contributed by atoms with Crippen LogP contribution in [0.1, 0.15) is 54.5 Å². The summed E-state index contributed by atoms with van der Waals surface area (Å²) in [4.78, 5) is 56.7. The van der Waals surface area contributed by atoms with Crippen molar-refractivity contribution in [1.29, 1.82) is 0 Å². The lowest BCUT2D eigenvalue weighted by Gasteiger charge is -2.29. The van der Waals surface area contributed by atoms with Crippen molar-refractivity contribution < 1.29 is 24.3 Å². The lowest BCUT2D eigenvalue weighted by atomic mass is 10.0. The molecule has 3 aromatic rings. The van der Waals surface area contributed by atoms with E-state index >= 15 is 0 Å². The number of fused-ring (bicyclic) bond motifs is 1. The average Bonchev–Trinajstić information content (AvgIpc) is 3.51. The molecule has 3 aromatic carbocycles. The van der Waals surface area contributed by atoms with E-state index in [9.17, 15) is 24.3 Å². The van der Waals surface area contributed by atoms with Crippen LogP contribution in [-0.2, 0) is 34.0 Å². The van der Waals surface area contributed by atoms with E-state index in [2.05, 4.69) is 48.6 Å². The molecule has 0 fully saturated rings. The van der Waals surface area contributed by atoms with Crippen LogP contribution >= 0.6 is 0 Å². The molecule has 4 rings (SSSR count). The van der Waals surface area contributed by atoms with Gasteiger partial charge in [-0.15, -0.1) is 0 Å². The average molecular weight is 657 g/mol. The van der Waals surface area contributed by atoms with Crippen molar-refractivity contribution in [2.75, 3.05) is 19.6 Å². The number of urea groups is 1. The molecule has 13 nitrogen and oxygen atoms in total. The molecule has 254 valence electrons. The fourth-order valence-electron chi connectivity index (χ4n) is 5.36. The summed E-state index contributed by atoms with van der Waals surface area (Å²) < 4.78 is 0. The largest absolute Gasteiger partial charge is 0.508 e. The Morgan fingerprint density at radius 3 is 2.12 bits per heavy atom. The number of nitrogens with zero attached hydrogens (tertiary/aromatic N) is 2. The van der Waals surface area contributed by atoms with Gasteiger partial charge in [-0.3, -0.25) is 19.3 Å². The molecule has 0 unspecified atom stereocenters. The van der Waals surface area contributed by atoms with E-state index < -0.39 is 18.1 Å². The number of hydrogen-bond acceptors (Lipinski definition) is 6. The molecule has 5 amide bonds. The monoisotopic (exact) mass is 656 g/mol. The summed E-state index contributed by atoms with van der Waals surface area (Å²) in [5.74, 6) is -0.738. The van der Waals surface area contributed by atoms with Crippen LogP contribution in [0.3, 0.4) is 0 Å². The standard InChI is InChI=1S/C35H44N8O5/c1-2-30(45)37-19-20-39-35(48)42-34(36)38-18-8-13-29(32(46)40-21-24-14-16-28(44)17-15-24)41-33(47)31(25-9-4-3-5-10-25)43-22-26-11-6-7-12-27(26)23-43/h3-7,9-12,14-17,29,31,44H,2,8,13,18-23H2,1H3,(H,37,45)(H,40,46)(H,41,47)(H4,36,38,39,42,48)/t29-,31-/m1/s1. The third kappa shape index (κ3) is 10.8. The second kappa shape index (κ2) is 18.0. The highest BCUT2D eigenvalue weighted by molar-refractivity contribution is 5.92. The van der Waals surface area contributed by atoms with Crippen LogP contribution in [0.15, 0.2) is 83.9 Å². The summed E-state index contributed by atoms with van der Waals surface area (Å²) in [6, 6.07) is 22.0. The lowest BCUT2D eigenvalue weighted by Crippen LogP contribution is -2.50. The van der Waals surface area contributed by atoms with Crippen molar-refractivity contribution >= 4 is 29.7 Å². The number of hydrogen-bond donors (Lipinski definition) is 7. The molecule has 1 aliphatic rings. The number of aromatic hydroxyl groups is 1. The maximum atomic E-state index is 14.1. The number of rotatable bonds is 15. The molecule has 13 heteroatoms. The van der Waals surface area contributed by atoms with Crippen LogP contribution in [0.25, 0.3) is 0 Å². The number of phenols is 1. The van der Waals surface area contributed by atoms with E-state index in [1.807, 2.05) is 42.5 Å². The van der Waals surface area contributed by atoms with Gasteiger partial charge in [-0.2, -0.15) is 4.99 Å². The number of nitrogens with one attached hydrogen (secondary N) is 5. The van der Waals surface area contributed by atoms with E-state index in [4.69, 9.17) is 5.73 Å². The van der Waals surface area contributed by atoms with Gasteiger partial charge in [-0.1, -0.05) is 73.7 Å². The zero-order valence-electron chi connectivity index (χ0n) is 27.1. The fraction of sp³-hybridized carbons (Fsp3) is 0.343. The number of carbonyl (C=O) groups is 4. The molecular formula is C35H44N8O5. The van der Waals surface area contributed by atoms with Crippen molar-refractivity contribution in [2.24, 2.45) is 10.7 Å². The highest BCUT2D eigenvalue weighted by Crippen LogP contribution is 2.31. The SMILES string of the molecule is CCC(=O)NCCNC(=O)/N=C(/N)NCCC[C@@H](NC(=O)[C@@H](c1ccccc1)N1Cc2ccccc2C1)C(=O)NCc1ccc(O)cc1. The number of aliphatic imine (C=N–C) groups is 1. The van der Waals surface area contributed by atoms with Gasteiger partial charge in [0.05, 0.1) is 0 Å². The molecule has 1 heterocycles. The van der Waals surface area contributed by atoms with Crippen molar-refractivity contribution in [3.8, 4) is 5.75 Å². The molecule has 0 aromatic heterocycles. The Morgan fingerprint density at radius 1 is 0.812 bits per heavy atom. The first-order valence-electron chi connectivity index (χ1n) is 16.1. The van der Waals surface area contributed by atoms with E-state index in [-0.39, 0.29) is 62.0 Å². The third-order valence-electron chi connectivity index (χ3n) is 7.87. The zero-order chi connectivity index (χ0) is 34.3. The molecule has 48 heavy (non-hydrogen) atoms. The van der Waals surface area contributed by atoms with Gasteiger partial charge in [-0.05, 0) is 47.2 Å². The number of carbonyl (C=O) groups excluding carboxylic acids is 4. The first-order chi connectivity index (χ1) is 23.2. The summed E-state index contributed by atoms with van der Waals surface area (Å²) in [7, 11) is 0. The van der Waals surface area contributed by atoms with Gasteiger partial charge in [0.1, 0.15) is 17.8 Å². The highest BCUT2D eigenvalue weighted by Gasteiger charge is 2.34. The molecule has 0 saturated carbocycles. The van der Waals surface area contributed by atoms with Gasteiger partial charge in [-0.25, -0.2) is 4.79 Å². The van der Waals surface area contributed by atoms with Crippen molar-refractivity contribution in [2.45, 2.75) is 57.9 Å². The van der Waals surface area contributed by atoms with Crippen molar-refractivity contribution in [3.63, 3.8) is 0 Å². The second-order valence-corrected chi connectivity index (χ2v) is 11.4. The Kier molecular flexibility index (Phi) is 13.3. The summed E-state index contributed by atoms with van der Waals surface area (Å²) in [5, 5.41) is 23.6. The van der Waals surface area contributed by atoms with Gasteiger partial charge in [0.15, 0.2) is 5.96 Å². The third-order valence-corrected chi connectivity index (χ3v) is 7.87. The van der Waals surface area contributed by atoms with Crippen LogP contribution in [0.2, 0.25) is 0 Å². The fourth-order valence-corrected chi connectivity index (χ4v) is 5.36. The van der Waals surface area contributed by atoms with Gasteiger partial charge >= 0.3 is 6.03 Å². The minimum atomic E-state index is -0.868. The number of benzene rings is 3. The summed E-state index contributed by atoms with van der Waals surface area (Å²) >= 11 is 0. The summed E-state index contributed by atoms with van der Waals surface area (Å²) in [6.45, 7) is 3.92. The Bertz CT molecular complexity index is 1540. The van der Waals surface area contributed by atoms with Crippen molar-refractivity contribution in [1.82, 2.24) is 31.5 Å².